The Morgan fingerprint density at radius 1 is 1.38 bits per heavy atom. The van der Waals surface area contributed by atoms with Crippen LogP contribution in [0.1, 0.15) is 18.9 Å². The highest BCUT2D eigenvalue weighted by Crippen LogP contribution is 2.18. The molecule has 0 aliphatic carbocycles. The van der Waals surface area contributed by atoms with Gasteiger partial charge < -0.3 is 25.0 Å². The molecule has 1 unspecified atom stereocenters. The number of nitrogens with one attached hydrogen (secondary N) is 2. The molecule has 7 nitrogen and oxygen atoms in total. The first-order chi connectivity index (χ1) is 12.1. The lowest BCUT2D eigenvalue weighted by atomic mass is 10.1. The van der Waals surface area contributed by atoms with E-state index < -0.39 is 12.1 Å². The molecule has 2 fully saturated rings. The van der Waals surface area contributed by atoms with E-state index in [9.17, 15) is 9.59 Å². The number of morpholine rings is 1. The van der Waals surface area contributed by atoms with Gasteiger partial charge in [-0.1, -0.05) is 12.1 Å². The van der Waals surface area contributed by atoms with Gasteiger partial charge in [-0.25, -0.2) is 0 Å². The van der Waals surface area contributed by atoms with E-state index in [2.05, 4.69) is 10.6 Å². The van der Waals surface area contributed by atoms with Crippen molar-refractivity contribution in [2.75, 3.05) is 26.8 Å². The number of likely N-dealkylation sites (tertiary alicyclic amines) is 1. The number of carbonyl (C=O) groups excluding carboxylic acids is 2. The van der Waals surface area contributed by atoms with Crippen molar-refractivity contribution < 1.29 is 19.1 Å². The van der Waals surface area contributed by atoms with Crippen molar-refractivity contribution in [2.45, 2.75) is 38.1 Å². The first kappa shape index (κ1) is 20.5. The minimum absolute atomic E-state index is 0. The predicted molar refractivity (Wildman–Crippen MR) is 99.4 cm³/mol. The van der Waals surface area contributed by atoms with Crippen molar-refractivity contribution >= 4 is 24.2 Å². The molecule has 2 heterocycles. The van der Waals surface area contributed by atoms with Crippen LogP contribution in [0.25, 0.3) is 0 Å². The number of benzene rings is 1. The van der Waals surface area contributed by atoms with Crippen LogP contribution in [0.5, 0.6) is 5.75 Å². The van der Waals surface area contributed by atoms with Crippen molar-refractivity contribution in [3.8, 4) is 5.75 Å². The summed E-state index contributed by atoms with van der Waals surface area (Å²) in [5, 5.41) is 6.02. The predicted octanol–water partition coefficient (Wildman–Crippen LogP) is 0.711. The number of halogens is 1. The third kappa shape index (κ3) is 4.66. The van der Waals surface area contributed by atoms with Crippen LogP contribution < -0.4 is 15.4 Å². The molecule has 3 rings (SSSR count). The molecule has 0 saturated carbocycles. The molecule has 0 bridgehead atoms. The van der Waals surface area contributed by atoms with Gasteiger partial charge in [0.1, 0.15) is 17.8 Å². The second-order valence-corrected chi connectivity index (χ2v) is 6.47. The summed E-state index contributed by atoms with van der Waals surface area (Å²) in [7, 11) is 1.62. The maximum Gasteiger partial charge on any atom is 0.245 e. The van der Waals surface area contributed by atoms with Crippen molar-refractivity contribution in [1.29, 1.82) is 0 Å². The van der Waals surface area contributed by atoms with E-state index in [1.165, 1.54) is 0 Å². The summed E-state index contributed by atoms with van der Waals surface area (Å²) in [6.07, 6.45) is 0.434. The van der Waals surface area contributed by atoms with Gasteiger partial charge >= 0.3 is 0 Å². The molecule has 0 spiro atoms. The summed E-state index contributed by atoms with van der Waals surface area (Å²) in [5.41, 5.74) is 1.04. The minimum atomic E-state index is -0.457. The Kier molecular flexibility index (Phi) is 7.25. The van der Waals surface area contributed by atoms with Gasteiger partial charge in [-0.2, -0.15) is 0 Å². The SMILES string of the molecule is COc1ccc(CN2CCC(NC(=O)[C@H]3NCCO[C@@H]3C)C2=O)cc1.Cl. The molecule has 1 aromatic carbocycles. The molecule has 2 N–H and O–H groups in total. The zero-order valence-electron chi connectivity index (χ0n) is 15.1. The number of nitrogens with zero attached hydrogens (tertiary/aromatic N) is 1. The van der Waals surface area contributed by atoms with Gasteiger partial charge in [0.05, 0.1) is 19.8 Å². The number of hydrogen-bond acceptors (Lipinski definition) is 5. The average Bonchev–Trinajstić information content (AvgIpc) is 2.96. The van der Waals surface area contributed by atoms with E-state index in [1.54, 1.807) is 12.0 Å². The molecular weight excluding hydrogens is 358 g/mol. The lowest BCUT2D eigenvalue weighted by Gasteiger charge is -2.30. The summed E-state index contributed by atoms with van der Waals surface area (Å²) in [6, 6.07) is 6.79. The first-order valence-corrected chi connectivity index (χ1v) is 8.65. The number of carbonyl (C=O) groups is 2. The Morgan fingerprint density at radius 3 is 2.77 bits per heavy atom. The molecule has 8 heteroatoms. The number of ether oxygens (including phenoxy) is 2. The molecule has 2 amide bonds. The maximum atomic E-state index is 12.6. The van der Waals surface area contributed by atoms with Crippen molar-refractivity contribution in [1.82, 2.24) is 15.5 Å². The minimum Gasteiger partial charge on any atom is -0.497 e. The molecule has 2 saturated heterocycles. The number of amides is 2. The van der Waals surface area contributed by atoms with Crippen LogP contribution in [0.3, 0.4) is 0 Å². The molecule has 3 atom stereocenters. The smallest absolute Gasteiger partial charge is 0.245 e. The largest absolute Gasteiger partial charge is 0.497 e. The van der Waals surface area contributed by atoms with E-state index in [0.29, 0.717) is 32.7 Å². The Morgan fingerprint density at radius 2 is 2.12 bits per heavy atom. The molecule has 26 heavy (non-hydrogen) atoms. The summed E-state index contributed by atoms with van der Waals surface area (Å²) in [5.74, 6) is 0.586. The highest BCUT2D eigenvalue weighted by Gasteiger charge is 2.36. The summed E-state index contributed by atoms with van der Waals surface area (Å²) < 4.78 is 10.6. The van der Waals surface area contributed by atoms with E-state index >= 15 is 0 Å². The first-order valence-electron chi connectivity index (χ1n) is 8.65. The summed E-state index contributed by atoms with van der Waals surface area (Å²) in [6.45, 7) is 4.28. The molecule has 0 aromatic heterocycles. The van der Waals surface area contributed by atoms with Crippen molar-refractivity contribution in [2.24, 2.45) is 0 Å². The summed E-state index contributed by atoms with van der Waals surface area (Å²) >= 11 is 0. The zero-order valence-corrected chi connectivity index (χ0v) is 15.9. The Labute approximate surface area is 159 Å². The third-order valence-corrected chi connectivity index (χ3v) is 4.75. The van der Waals surface area contributed by atoms with Crippen LogP contribution in [0.2, 0.25) is 0 Å². The second kappa shape index (κ2) is 9.21. The van der Waals surface area contributed by atoms with E-state index in [0.717, 1.165) is 11.3 Å². The van der Waals surface area contributed by atoms with Gasteiger partial charge in [-0.3, -0.25) is 9.59 Å². The molecule has 144 valence electrons. The third-order valence-electron chi connectivity index (χ3n) is 4.75. The number of methoxy groups -OCH3 is 1. The standard InChI is InChI=1S/C18H25N3O4.ClH/c1-12-16(19-8-10-25-12)17(22)20-15-7-9-21(18(15)23)11-13-3-5-14(24-2)6-4-13;/h3-6,12,15-16,19H,7-11H2,1-2H3,(H,20,22);1H/t12-,15?,16+;/m1./s1. The van der Waals surface area contributed by atoms with E-state index in [4.69, 9.17) is 9.47 Å². The van der Waals surface area contributed by atoms with Crippen LogP contribution in [-0.2, 0) is 20.9 Å². The Hall–Kier alpha value is -1.83. The highest BCUT2D eigenvalue weighted by molar-refractivity contribution is 5.91. The zero-order chi connectivity index (χ0) is 17.8. The fourth-order valence-electron chi connectivity index (χ4n) is 3.27. The fraction of sp³-hybridized carbons (Fsp3) is 0.556. The van der Waals surface area contributed by atoms with Crippen LogP contribution in [0.4, 0.5) is 0 Å². The Balaban J connectivity index is 0.00000243. The van der Waals surface area contributed by atoms with Gasteiger partial charge in [-0.05, 0) is 31.0 Å². The van der Waals surface area contributed by atoms with Crippen molar-refractivity contribution in [3.05, 3.63) is 29.8 Å². The van der Waals surface area contributed by atoms with Gasteiger partial charge in [0.2, 0.25) is 11.8 Å². The van der Waals surface area contributed by atoms with Gasteiger partial charge in [0.25, 0.3) is 0 Å². The average molecular weight is 384 g/mol. The summed E-state index contributed by atoms with van der Waals surface area (Å²) in [4.78, 5) is 26.8. The van der Waals surface area contributed by atoms with Crippen LogP contribution >= 0.6 is 12.4 Å². The molecule has 2 aliphatic rings. The van der Waals surface area contributed by atoms with Gasteiger partial charge in [0, 0.05) is 19.6 Å². The normalized spacial score (nSPS) is 25.5. The monoisotopic (exact) mass is 383 g/mol. The second-order valence-electron chi connectivity index (χ2n) is 6.47. The molecular formula is C18H26ClN3O4. The lowest BCUT2D eigenvalue weighted by molar-refractivity contribution is -0.135. The van der Waals surface area contributed by atoms with Crippen LogP contribution in [0.15, 0.2) is 24.3 Å². The quantitative estimate of drug-likeness (QED) is 0.782. The lowest BCUT2D eigenvalue weighted by Crippen LogP contribution is -2.57. The van der Waals surface area contributed by atoms with Crippen LogP contribution in [-0.4, -0.2) is 61.7 Å². The molecule has 2 aliphatic heterocycles. The van der Waals surface area contributed by atoms with Gasteiger partial charge in [0.15, 0.2) is 0 Å². The van der Waals surface area contributed by atoms with Gasteiger partial charge in [-0.15, -0.1) is 12.4 Å². The van der Waals surface area contributed by atoms with Crippen molar-refractivity contribution in [3.63, 3.8) is 0 Å². The van der Waals surface area contributed by atoms with Crippen LogP contribution in [0, 0.1) is 0 Å². The fourth-order valence-corrected chi connectivity index (χ4v) is 3.27. The maximum absolute atomic E-state index is 12.6. The highest BCUT2D eigenvalue weighted by atomic mass is 35.5. The Bertz CT molecular complexity index is 625. The topological polar surface area (TPSA) is 79.9 Å². The number of rotatable bonds is 5. The van der Waals surface area contributed by atoms with E-state index in [-0.39, 0.29) is 30.3 Å². The molecule has 0 radical (unpaired) electrons. The van der Waals surface area contributed by atoms with E-state index in [1.807, 2.05) is 31.2 Å². The number of hydrogen-bond donors (Lipinski definition) is 2. The molecule has 1 aromatic rings.